The van der Waals surface area contributed by atoms with E-state index in [0.29, 0.717) is 59.8 Å². The van der Waals surface area contributed by atoms with Crippen molar-refractivity contribution in [1.29, 1.82) is 0 Å². The molecule has 7 heteroatoms. The predicted octanol–water partition coefficient (Wildman–Crippen LogP) is 5.57. The van der Waals surface area contributed by atoms with Gasteiger partial charge < -0.3 is 20.1 Å². The summed E-state index contributed by atoms with van der Waals surface area (Å²) in [5.74, 6) is 0.910. The zero-order valence-electron chi connectivity index (χ0n) is 17.9. The fraction of sp³-hybridized carbons (Fsp3) is 0.240. The van der Waals surface area contributed by atoms with Crippen molar-refractivity contribution in [3.8, 4) is 11.5 Å². The molecule has 0 saturated carbocycles. The average Bonchev–Trinajstić information content (AvgIpc) is 2.82. The molecule has 32 heavy (non-hydrogen) atoms. The van der Waals surface area contributed by atoms with Gasteiger partial charge in [0.25, 0.3) is 5.91 Å². The van der Waals surface area contributed by atoms with Crippen LogP contribution in [0.4, 0.5) is 0 Å². The number of methoxy groups -OCH3 is 1. The lowest BCUT2D eigenvalue weighted by Gasteiger charge is -2.23. The summed E-state index contributed by atoms with van der Waals surface area (Å²) in [6, 6.07) is 20.1. The van der Waals surface area contributed by atoms with Gasteiger partial charge in [-0.1, -0.05) is 53.5 Å². The van der Waals surface area contributed by atoms with Gasteiger partial charge in [-0.3, -0.25) is 4.79 Å². The summed E-state index contributed by atoms with van der Waals surface area (Å²) < 4.78 is 11.4. The highest BCUT2D eigenvalue weighted by Crippen LogP contribution is 2.30. The Kier molecular flexibility index (Phi) is 8.80. The van der Waals surface area contributed by atoms with Crippen molar-refractivity contribution < 1.29 is 14.3 Å². The fourth-order valence-electron chi connectivity index (χ4n) is 3.22. The first-order chi connectivity index (χ1) is 15.5. The minimum atomic E-state index is -0.107. The van der Waals surface area contributed by atoms with E-state index in [0.717, 1.165) is 11.1 Å². The maximum absolute atomic E-state index is 13.3. The molecule has 5 nitrogen and oxygen atoms in total. The van der Waals surface area contributed by atoms with Crippen LogP contribution in [0.3, 0.4) is 0 Å². The SMILES string of the molecule is COc1cc(C(=O)N(CCCN)Cc2ccc(Cl)cc2)ccc1OCc1ccccc1Cl. The zero-order valence-corrected chi connectivity index (χ0v) is 19.4. The van der Waals surface area contributed by atoms with Crippen LogP contribution in [0.5, 0.6) is 11.5 Å². The molecular weight excluding hydrogens is 447 g/mol. The van der Waals surface area contributed by atoms with E-state index in [-0.39, 0.29) is 5.91 Å². The van der Waals surface area contributed by atoms with Crippen molar-refractivity contribution in [2.24, 2.45) is 5.73 Å². The molecule has 3 aromatic carbocycles. The largest absolute Gasteiger partial charge is 0.493 e. The molecule has 0 unspecified atom stereocenters. The minimum absolute atomic E-state index is 0.107. The van der Waals surface area contributed by atoms with Crippen LogP contribution in [-0.2, 0) is 13.2 Å². The summed E-state index contributed by atoms with van der Waals surface area (Å²) in [6.07, 6.45) is 0.704. The Morgan fingerprint density at radius 3 is 2.44 bits per heavy atom. The molecule has 168 valence electrons. The van der Waals surface area contributed by atoms with Crippen molar-refractivity contribution in [3.63, 3.8) is 0 Å². The smallest absolute Gasteiger partial charge is 0.254 e. The molecule has 0 heterocycles. The average molecular weight is 473 g/mol. The number of nitrogens with two attached hydrogens (primary N) is 1. The summed E-state index contributed by atoms with van der Waals surface area (Å²) in [7, 11) is 1.55. The van der Waals surface area contributed by atoms with Crippen molar-refractivity contribution in [2.75, 3.05) is 20.2 Å². The summed E-state index contributed by atoms with van der Waals surface area (Å²) in [5, 5.41) is 1.29. The van der Waals surface area contributed by atoms with E-state index in [2.05, 4.69) is 0 Å². The van der Waals surface area contributed by atoms with E-state index < -0.39 is 0 Å². The first-order valence-corrected chi connectivity index (χ1v) is 11.1. The number of hydrogen-bond donors (Lipinski definition) is 1. The molecule has 1 amide bonds. The van der Waals surface area contributed by atoms with Gasteiger partial charge in [0.15, 0.2) is 11.5 Å². The number of hydrogen-bond acceptors (Lipinski definition) is 4. The Morgan fingerprint density at radius 2 is 1.75 bits per heavy atom. The van der Waals surface area contributed by atoms with E-state index in [4.69, 9.17) is 38.4 Å². The Bertz CT molecular complexity index is 1040. The van der Waals surface area contributed by atoms with Crippen molar-refractivity contribution >= 4 is 29.1 Å². The van der Waals surface area contributed by atoms with Crippen LogP contribution in [0.15, 0.2) is 66.7 Å². The molecule has 3 aromatic rings. The fourth-order valence-corrected chi connectivity index (χ4v) is 3.53. The van der Waals surface area contributed by atoms with E-state index in [1.165, 1.54) is 0 Å². The van der Waals surface area contributed by atoms with Crippen molar-refractivity contribution in [3.05, 3.63) is 93.5 Å². The molecule has 0 atom stereocenters. The van der Waals surface area contributed by atoms with Crippen LogP contribution < -0.4 is 15.2 Å². The number of amides is 1. The predicted molar refractivity (Wildman–Crippen MR) is 129 cm³/mol. The summed E-state index contributed by atoms with van der Waals surface area (Å²) >= 11 is 12.2. The maximum Gasteiger partial charge on any atom is 0.254 e. The molecule has 0 aliphatic rings. The van der Waals surface area contributed by atoms with E-state index in [1.54, 1.807) is 30.2 Å². The number of carbonyl (C=O) groups is 1. The number of carbonyl (C=O) groups excluding carboxylic acids is 1. The standard InChI is InChI=1S/C25H26Cl2N2O3/c1-31-24-15-19(9-12-23(24)32-17-20-5-2-3-6-22(20)27)25(30)29(14-4-13-28)16-18-7-10-21(26)11-8-18/h2-3,5-12,15H,4,13-14,16-17,28H2,1H3. The molecule has 0 bridgehead atoms. The number of ether oxygens (including phenoxy) is 2. The second kappa shape index (κ2) is 11.8. The van der Waals surface area contributed by atoms with Crippen molar-refractivity contribution in [2.45, 2.75) is 19.6 Å². The molecule has 0 spiro atoms. The second-order valence-corrected chi connectivity index (χ2v) is 8.08. The maximum atomic E-state index is 13.3. The van der Waals surface area contributed by atoms with Gasteiger partial charge in [0, 0.05) is 34.3 Å². The Morgan fingerprint density at radius 1 is 1.00 bits per heavy atom. The summed E-state index contributed by atoms with van der Waals surface area (Å²) in [5.41, 5.74) is 8.06. The first kappa shape index (κ1) is 23.9. The van der Waals surface area contributed by atoms with Gasteiger partial charge in [0.2, 0.25) is 0 Å². The van der Waals surface area contributed by atoms with E-state index in [9.17, 15) is 4.79 Å². The highest BCUT2D eigenvalue weighted by molar-refractivity contribution is 6.31. The third kappa shape index (κ3) is 6.39. The molecule has 0 radical (unpaired) electrons. The molecule has 0 aliphatic heterocycles. The van der Waals surface area contributed by atoms with Crippen LogP contribution in [0, 0.1) is 0 Å². The number of nitrogens with zero attached hydrogens (tertiary/aromatic N) is 1. The van der Waals surface area contributed by atoms with Crippen LogP contribution in [0.1, 0.15) is 27.9 Å². The number of halogens is 2. The van der Waals surface area contributed by atoms with E-state index in [1.807, 2.05) is 48.5 Å². The number of benzene rings is 3. The van der Waals surface area contributed by atoms with Gasteiger partial charge in [-0.2, -0.15) is 0 Å². The third-order valence-corrected chi connectivity index (χ3v) is 5.58. The lowest BCUT2D eigenvalue weighted by atomic mass is 10.1. The van der Waals surface area contributed by atoms with Gasteiger partial charge >= 0.3 is 0 Å². The van der Waals surface area contributed by atoms with E-state index >= 15 is 0 Å². The summed E-state index contributed by atoms with van der Waals surface area (Å²) in [6.45, 7) is 1.80. The van der Waals surface area contributed by atoms with Crippen LogP contribution >= 0.6 is 23.2 Å². The van der Waals surface area contributed by atoms with Crippen molar-refractivity contribution in [1.82, 2.24) is 4.90 Å². The van der Waals surface area contributed by atoms with Gasteiger partial charge in [-0.15, -0.1) is 0 Å². The summed E-state index contributed by atoms with van der Waals surface area (Å²) in [4.78, 5) is 15.0. The lowest BCUT2D eigenvalue weighted by Crippen LogP contribution is -2.32. The molecular formula is C25H26Cl2N2O3. The third-order valence-electron chi connectivity index (χ3n) is 4.96. The van der Waals surface area contributed by atoms with Gasteiger partial charge in [-0.05, 0) is 54.9 Å². The van der Waals surface area contributed by atoms with Crippen LogP contribution in [0.2, 0.25) is 10.0 Å². The Balaban J connectivity index is 1.77. The van der Waals surface area contributed by atoms with Gasteiger partial charge in [-0.25, -0.2) is 0 Å². The Labute approximate surface area is 198 Å². The zero-order chi connectivity index (χ0) is 22.9. The normalized spacial score (nSPS) is 10.6. The highest BCUT2D eigenvalue weighted by atomic mass is 35.5. The molecule has 0 aliphatic carbocycles. The minimum Gasteiger partial charge on any atom is -0.493 e. The monoisotopic (exact) mass is 472 g/mol. The molecule has 2 N–H and O–H groups in total. The Hall–Kier alpha value is -2.73. The highest BCUT2D eigenvalue weighted by Gasteiger charge is 2.18. The van der Waals surface area contributed by atoms with Gasteiger partial charge in [0.1, 0.15) is 6.61 Å². The van der Waals surface area contributed by atoms with Crippen LogP contribution in [0.25, 0.3) is 0 Å². The molecule has 3 rings (SSSR count). The van der Waals surface area contributed by atoms with Crippen LogP contribution in [-0.4, -0.2) is 31.0 Å². The lowest BCUT2D eigenvalue weighted by molar-refractivity contribution is 0.0742. The topological polar surface area (TPSA) is 64.8 Å². The first-order valence-electron chi connectivity index (χ1n) is 10.3. The quantitative estimate of drug-likeness (QED) is 0.418. The van der Waals surface area contributed by atoms with Gasteiger partial charge in [0.05, 0.1) is 7.11 Å². The molecule has 0 aromatic heterocycles. The molecule has 0 saturated heterocycles. The molecule has 0 fully saturated rings. The number of rotatable bonds is 10. The second-order valence-electron chi connectivity index (χ2n) is 7.24.